The van der Waals surface area contributed by atoms with Gasteiger partial charge in [-0.15, -0.1) is 11.8 Å². The van der Waals surface area contributed by atoms with E-state index in [2.05, 4.69) is 46.3 Å². The molecule has 0 heterocycles. The lowest BCUT2D eigenvalue weighted by molar-refractivity contribution is -0.117. The molecule has 1 unspecified atom stereocenters. The Morgan fingerprint density at radius 3 is 2.85 bits per heavy atom. The average molecular weight is 347 g/mol. The van der Waals surface area contributed by atoms with Crippen molar-refractivity contribution in [3.8, 4) is 0 Å². The molecule has 0 amide bonds. The van der Waals surface area contributed by atoms with Gasteiger partial charge in [-0.1, -0.05) is 46.3 Å². The van der Waals surface area contributed by atoms with Crippen molar-refractivity contribution in [3.63, 3.8) is 0 Å². The fraction of sp³-hybridized carbons (Fsp3) is 0.235. The molecular formula is C17H15BrOS. The fourth-order valence-corrected chi connectivity index (χ4v) is 3.98. The van der Waals surface area contributed by atoms with E-state index in [0.29, 0.717) is 23.9 Å². The Bertz CT molecular complexity index is 638. The maximum absolute atomic E-state index is 12.1. The number of hydrogen-bond acceptors (Lipinski definition) is 2. The number of ketones is 1. The van der Waals surface area contributed by atoms with Crippen LogP contribution >= 0.6 is 27.7 Å². The average Bonchev–Trinajstić information content (AvgIpc) is 2.43. The van der Waals surface area contributed by atoms with Crippen LogP contribution < -0.4 is 0 Å². The Kier molecular flexibility index (Phi) is 4.27. The zero-order valence-electron chi connectivity index (χ0n) is 11.0. The van der Waals surface area contributed by atoms with E-state index in [-0.39, 0.29) is 0 Å². The largest absolute Gasteiger partial charge is 0.299 e. The van der Waals surface area contributed by atoms with Gasteiger partial charge >= 0.3 is 0 Å². The van der Waals surface area contributed by atoms with Crippen LogP contribution in [0.2, 0.25) is 0 Å². The van der Waals surface area contributed by atoms with Crippen LogP contribution in [0.3, 0.4) is 0 Å². The summed E-state index contributed by atoms with van der Waals surface area (Å²) in [5.74, 6) is 1.35. The van der Waals surface area contributed by atoms with Gasteiger partial charge in [0.1, 0.15) is 5.78 Å². The van der Waals surface area contributed by atoms with E-state index in [1.54, 1.807) is 11.8 Å². The molecule has 3 rings (SSSR count). The van der Waals surface area contributed by atoms with Crippen LogP contribution in [0.5, 0.6) is 0 Å². The highest BCUT2D eigenvalue weighted by molar-refractivity contribution is 9.10. The van der Waals surface area contributed by atoms with Crippen molar-refractivity contribution in [2.75, 3.05) is 5.75 Å². The van der Waals surface area contributed by atoms with Gasteiger partial charge in [-0.3, -0.25) is 4.79 Å². The molecule has 0 fully saturated rings. The highest BCUT2D eigenvalue weighted by atomic mass is 79.9. The Balaban J connectivity index is 1.52. The number of benzene rings is 2. The van der Waals surface area contributed by atoms with Gasteiger partial charge in [0, 0.05) is 15.8 Å². The van der Waals surface area contributed by atoms with Crippen molar-refractivity contribution >= 4 is 33.5 Å². The van der Waals surface area contributed by atoms with Crippen molar-refractivity contribution in [1.29, 1.82) is 0 Å². The van der Waals surface area contributed by atoms with E-state index in [1.807, 2.05) is 18.2 Å². The lowest BCUT2D eigenvalue weighted by Crippen LogP contribution is -2.20. The molecule has 0 aliphatic heterocycles. The molecule has 0 N–H and O–H groups in total. The summed E-state index contributed by atoms with van der Waals surface area (Å²) >= 11 is 5.07. The third-order valence-electron chi connectivity index (χ3n) is 3.63. The van der Waals surface area contributed by atoms with Crippen LogP contribution in [0.15, 0.2) is 57.9 Å². The smallest absolute Gasteiger partial charge is 0.143 e. The number of carbonyl (C=O) groups is 1. The molecule has 0 aromatic heterocycles. The maximum atomic E-state index is 12.1. The minimum Gasteiger partial charge on any atom is -0.299 e. The molecule has 0 saturated carbocycles. The van der Waals surface area contributed by atoms with E-state index in [1.165, 1.54) is 11.1 Å². The highest BCUT2D eigenvalue weighted by Gasteiger charge is 2.27. The van der Waals surface area contributed by atoms with Crippen LogP contribution in [0, 0.1) is 0 Å². The predicted molar refractivity (Wildman–Crippen MR) is 87.4 cm³/mol. The van der Waals surface area contributed by atoms with Crippen molar-refractivity contribution in [2.45, 2.75) is 23.7 Å². The molecule has 2 aromatic carbocycles. The minimum atomic E-state index is 0.342. The number of rotatable bonds is 5. The molecule has 0 bridgehead atoms. The standard InChI is InChI=1S/C17H15BrOS/c18-14-5-3-6-16(10-14)20-11-15(19)9-13-8-12-4-1-2-7-17(12)13/h1-7,10,13H,8-9,11H2. The SMILES string of the molecule is O=C(CSc1cccc(Br)c1)CC1Cc2ccccc21. The maximum Gasteiger partial charge on any atom is 0.143 e. The Labute approximate surface area is 131 Å². The summed E-state index contributed by atoms with van der Waals surface area (Å²) in [7, 11) is 0. The quantitative estimate of drug-likeness (QED) is 0.720. The van der Waals surface area contributed by atoms with Gasteiger partial charge in [0.25, 0.3) is 0 Å². The van der Waals surface area contributed by atoms with Gasteiger partial charge in [-0.25, -0.2) is 0 Å². The summed E-state index contributed by atoms with van der Waals surface area (Å²) in [5, 5.41) is 0. The van der Waals surface area contributed by atoms with Crippen LogP contribution in [0.4, 0.5) is 0 Å². The van der Waals surface area contributed by atoms with Gasteiger partial charge < -0.3 is 0 Å². The minimum absolute atomic E-state index is 0.342. The molecule has 3 heteroatoms. The monoisotopic (exact) mass is 346 g/mol. The van der Waals surface area contributed by atoms with Crippen molar-refractivity contribution in [2.24, 2.45) is 0 Å². The number of hydrogen-bond donors (Lipinski definition) is 0. The molecule has 0 spiro atoms. The van der Waals surface area contributed by atoms with E-state index in [9.17, 15) is 4.79 Å². The second kappa shape index (κ2) is 6.15. The summed E-state index contributed by atoms with van der Waals surface area (Å²) in [6.45, 7) is 0. The topological polar surface area (TPSA) is 17.1 Å². The molecule has 2 aromatic rings. The Morgan fingerprint density at radius 2 is 2.05 bits per heavy atom. The summed E-state index contributed by atoms with van der Waals surface area (Å²) < 4.78 is 1.06. The van der Waals surface area contributed by atoms with Gasteiger partial charge in [-0.05, 0) is 41.7 Å². The van der Waals surface area contributed by atoms with Crippen LogP contribution in [0.25, 0.3) is 0 Å². The van der Waals surface area contributed by atoms with Crippen molar-refractivity contribution < 1.29 is 4.79 Å². The molecular weight excluding hydrogens is 332 g/mol. The lowest BCUT2D eigenvalue weighted by Gasteiger charge is -2.29. The summed E-state index contributed by atoms with van der Waals surface area (Å²) in [5.41, 5.74) is 2.78. The van der Waals surface area contributed by atoms with Crippen LogP contribution in [-0.2, 0) is 11.2 Å². The van der Waals surface area contributed by atoms with E-state index < -0.39 is 0 Å². The number of fused-ring (bicyclic) bond motifs is 1. The normalized spacial score (nSPS) is 16.4. The fourth-order valence-electron chi connectivity index (χ4n) is 2.60. The first-order valence-corrected chi connectivity index (χ1v) is 8.48. The molecule has 1 aliphatic rings. The number of halogens is 1. The van der Waals surface area contributed by atoms with Gasteiger partial charge in [-0.2, -0.15) is 0 Å². The van der Waals surface area contributed by atoms with Crippen molar-refractivity contribution in [1.82, 2.24) is 0 Å². The molecule has 20 heavy (non-hydrogen) atoms. The number of thioether (sulfide) groups is 1. The number of carbonyl (C=O) groups excluding carboxylic acids is 1. The Hall–Kier alpha value is -1.06. The summed E-state index contributed by atoms with van der Waals surface area (Å²) in [4.78, 5) is 13.2. The molecule has 1 atom stereocenters. The van der Waals surface area contributed by atoms with Gasteiger partial charge in [0.2, 0.25) is 0 Å². The van der Waals surface area contributed by atoms with Crippen LogP contribution in [0.1, 0.15) is 23.5 Å². The zero-order chi connectivity index (χ0) is 13.9. The second-order valence-electron chi connectivity index (χ2n) is 5.09. The lowest BCUT2D eigenvalue weighted by atomic mass is 9.75. The first-order chi connectivity index (χ1) is 9.72. The predicted octanol–water partition coefficient (Wildman–Crippen LogP) is 4.84. The first-order valence-electron chi connectivity index (χ1n) is 6.70. The van der Waals surface area contributed by atoms with Crippen molar-refractivity contribution in [3.05, 3.63) is 64.1 Å². The van der Waals surface area contributed by atoms with E-state index in [0.717, 1.165) is 15.8 Å². The Morgan fingerprint density at radius 1 is 1.20 bits per heavy atom. The molecule has 1 nitrogen and oxygen atoms in total. The molecule has 0 radical (unpaired) electrons. The van der Waals surface area contributed by atoms with Gasteiger partial charge in [0.05, 0.1) is 5.75 Å². The van der Waals surface area contributed by atoms with E-state index >= 15 is 0 Å². The molecule has 0 saturated heterocycles. The number of Topliss-reactive ketones (excluding diaryl/α,β-unsaturated/α-hetero) is 1. The van der Waals surface area contributed by atoms with Crippen LogP contribution in [-0.4, -0.2) is 11.5 Å². The third-order valence-corrected chi connectivity index (χ3v) is 5.18. The third kappa shape index (κ3) is 3.15. The van der Waals surface area contributed by atoms with Gasteiger partial charge in [0.15, 0.2) is 0 Å². The van der Waals surface area contributed by atoms with E-state index in [4.69, 9.17) is 0 Å². The summed E-state index contributed by atoms with van der Waals surface area (Å²) in [6, 6.07) is 16.5. The highest BCUT2D eigenvalue weighted by Crippen LogP contribution is 2.37. The second-order valence-corrected chi connectivity index (χ2v) is 7.05. The summed E-state index contributed by atoms with van der Waals surface area (Å²) in [6.07, 6.45) is 1.74. The molecule has 102 valence electrons. The first kappa shape index (κ1) is 13.9. The molecule has 1 aliphatic carbocycles. The zero-order valence-corrected chi connectivity index (χ0v) is 13.4.